The number of hydrogen-bond acceptors (Lipinski definition) is 6. The zero-order valence-electron chi connectivity index (χ0n) is 12.2. The van der Waals surface area contributed by atoms with Crippen LogP contribution in [0.25, 0.3) is 0 Å². The number of rotatable bonds is 5. The smallest absolute Gasteiger partial charge is 0.257 e. The van der Waals surface area contributed by atoms with Gasteiger partial charge in [-0.05, 0) is 17.6 Å². The van der Waals surface area contributed by atoms with Gasteiger partial charge in [0.2, 0.25) is 0 Å². The van der Waals surface area contributed by atoms with E-state index in [4.69, 9.17) is 10.5 Å². The summed E-state index contributed by atoms with van der Waals surface area (Å²) in [6, 6.07) is 7.76. The van der Waals surface area contributed by atoms with E-state index in [0.717, 1.165) is 16.3 Å². The third kappa shape index (κ3) is 3.08. The van der Waals surface area contributed by atoms with Crippen LogP contribution < -0.4 is 20.7 Å². The molecule has 0 saturated carbocycles. The lowest BCUT2D eigenvalue weighted by Crippen LogP contribution is -2.23. The monoisotopic (exact) mass is 306 g/mol. The molecule has 7 heteroatoms. The lowest BCUT2D eigenvalue weighted by Gasteiger charge is -2.19. The van der Waals surface area contributed by atoms with Gasteiger partial charge in [-0.2, -0.15) is 4.37 Å². The predicted molar refractivity (Wildman–Crippen MR) is 85.0 cm³/mol. The van der Waals surface area contributed by atoms with Crippen LogP contribution in [0.4, 0.5) is 10.8 Å². The van der Waals surface area contributed by atoms with E-state index in [0.29, 0.717) is 12.1 Å². The summed E-state index contributed by atoms with van der Waals surface area (Å²) in [6.45, 7) is 0.593. The normalized spacial score (nSPS) is 10.2. The molecule has 1 aromatic heterocycles. The fourth-order valence-corrected chi connectivity index (χ4v) is 2.82. The van der Waals surface area contributed by atoms with Crippen LogP contribution in [0.5, 0.6) is 5.75 Å². The molecular weight excluding hydrogens is 288 g/mol. The van der Waals surface area contributed by atoms with Gasteiger partial charge in [0.1, 0.15) is 16.3 Å². The van der Waals surface area contributed by atoms with E-state index in [1.807, 2.05) is 36.2 Å². The topological polar surface area (TPSA) is 80.5 Å². The average Bonchev–Trinajstić information content (AvgIpc) is 2.89. The second kappa shape index (κ2) is 6.45. The van der Waals surface area contributed by atoms with E-state index in [9.17, 15) is 4.79 Å². The number of ether oxygens (including phenoxy) is 1. The summed E-state index contributed by atoms with van der Waals surface area (Å²) in [5.74, 6) is 0.827. The molecule has 0 saturated heterocycles. The van der Waals surface area contributed by atoms with Gasteiger partial charge in [0, 0.05) is 26.2 Å². The number of nitrogen functional groups attached to an aromatic ring is 1. The van der Waals surface area contributed by atoms with Gasteiger partial charge in [-0.3, -0.25) is 4.79 Å². The Hall–Kier alpha value is -2.28. The molecule has 112 valence electrons. The van der Waals surface area contributed by atoms with Crippen molar-refractivity contribution in [1.29, 1.82) is 0 Å². The molecule has 3 N–H and O–H groups in total. The number of carbonyl (C=O) groups is 1. The van der Waals surface area contributed by atoms with Crippen LogP contribution in [-0.2, 0) is 6.54 Å². The van der Waals surface area contributed by atoms with Crippen molar-refractivity contribution in [1.82, 2.24) is 9.69 Å². The number of nitrogens with zero attached hydrogens (tertiary/aromatic N) is 2. The molecule has 1 heterocycles. The van der Waals surface area contributed by atoms with Crippen molar-refractivity contribution in [2.45, 2.75) is 6.54 Å². The van der Waals surface area contributed by atoms with Crippen molar-refractivity contribution in [3.05, 3.63) is 35.4 Å². The molecule has 0 spiro atoms. The van der Waals surface area contributed by atoms with Crippen molar-refractivity contribution in [3.63, 3.8) is 0 Å². The summed E-state index contributed by atoms with van der Waals surface area (Å²) in [5.41, 5.74) is 7.23. The van der Waals surface area contributed by atoms with Gasteiger partial charge in [-0.1, -0.05) is 18.2 Å². The Balaban J connectivity index is 2.29. The zero-order chi connectivity index (χ0) is 15.4. The Morgan fingerprint density at radius 3 is 2.86 bits per heavy atom. The highest BCUT2D eigenvalue weighted by Gasteiger charge is 2.21. The second-order valence-corrected chi connectivity index (χ2v) is 5.25. The molecule has 0 aliphatic carbocycles. The molecule has 0 bridgehead atoms. The van der Waals surface area contributed by atoms with Crippen LogP contribution in [0.1, 0.15) is 15.9 Å². The Labute approximate surface area is 127 Å². The number of nitrogens with one attached hydrogen (secondary N) is 1. The van der Waals surface area contributed by atoms with Gasteiger partial charge >= 0.3 is 0 Å². The Bertz CT molecular complexity index is 642. The highest BCUT2D eigenvalue weighted by Crippen LogP contribution is 2.31. The first-order valence-corrected chi connectivity index (χ1v) is 7.16. The molecule has 0 aliphatic heterocycles. The highest BCUT2D eigenvalue weighted by molar-refractivity contribution is 7.11. The van der Waals surface area contributed by atoms with Crippen LogP contribution in [0.3, 0.4) is 0 Å². The lowest BCUT2D eigenvalue weighted by atomic mass is 10.2. The number of amides is 1. The second-order valence-electron chi connectivity index (χ2n) is 4.50. The molecule has 0 fully saturated rings. The van der Waals surface area contributed by atoms with E-state index in [1.165, 1.54) is 11.5 Å². The molecule has 1 aromatic carbocycles. The van der Waals surface area contributed by atoms with Crippen LogP contribution in [0, 0.1) is 0 Å². The molecule has 0 radical (unpaired) electrons. The standard InChI is InChI=1S/C14H18N4O2S/c1-16-13(19)11-12(15)17-21-14(11)18(2)8-9-6-4-5-7-10(9)20-3/h4-7H,8H2,1-3H3,(H2,15,17)(H,16,19). The van der Waals surface area contributed by atoms with E-state index >= 15 is 0 Å². The number of hydrogen-bond donors (Lipinski definition) is 2. The number of methoxy groups -OCH3 is 1. The summed E-state index contributed by atoms with van der Waals surface area (Å²) < 4.78 is 9.42. The maximum absolute atomic E-state index is 11.9. The van der Waals surface area contributed by atoms with Crippen molar-refractivity contribution in [2.75, 3.05) is 31.8 Å². The largest absolute Gasteiger partial charge is 0.496 e. The predicted octanol–water partition coefficient (Wildman–Crippen LogP) is 1.73. The number of anilines is 2. The highest BCUT2D eigenvalue weighted by atomic mass is 32.1. The number of para-hydroxylation sites is 1. The fraction of sp³-hybridized carbons (Fsp3) is 0.286. The Morgan fingerprint density at radius 2 is 2.19 bits per heavy atom. The van der Waals surface area contributed by atoms with Gasteiger partial charge in [0.25, 0.3) is 5.91 Å². The van der Waals surface area contributed by atoms with Gasteiger partial charge < -0.3 is 20.7 Å². The Kier molecular flexibility index (Phi) is 4.64. The molecular formula is C14H18N4O2S. The first-order valence-electron chi connectivity index (χ1n) is 6.38. The van der Waals surface area contributed by atoms with Gasteiger partial charge in [-0.15, -0.1) is 0 Å². The maximum Gasteiger partial charge on any atom is 0.257 e. The van der Waals surface area contributed by atoms with Crippen LogP contribution in [0.15, 0.2) is 24.3 Å². The lowest BCUT2D eigenvalue weighted by molar-refractivity contribution is 0.0964. The molecule has 21 heavy (non-hydrogen) atoms. The molecule has 2 rings (SSSR count). The SMILES string of the molecule is CNC(=O)c1c(N)nsc1N(C)Cc1ccccc1OC. The summed E-state index contributed by atoms with van der Waals surface area (Å²) in [7, 11) is 5.11. The molecule has 1 amide bonds. The van der Waals surface area contributed by atoms with E-state index < -0.39 is 0 Å². The molecule has 6 nitrogen and oxygen atoms in total. The third-order valence-corrected chi connectivity index (χ3v) is 4.08. The first kappa shape index (κ1) is 15.1. The first-order chi connectivity index (χ1) is 10.1. The number of aromatic nitrogens is 1. The summed E-state index contributed by atoms with van der Waals surface area (Å²) >= 11 is 1.21. The van der Waals surface area contributed by atoms with E-state index in [2.05, 4.69) is 9.69 Å². The summed E-state index contributed by atoms with van der Waals surface area (Å²) in [5, 5.41) is 3.32. The van der Waals surface area contributed by atoms with Crippen molar-refractivity contribution >= 4 is 28.3 Å². The molecule has 2 aromatic rings. The van der Waals surface area contributed by atoms with E-state index in [1.54, 1.807) is 14.2 Å². The summed E-state index contributed by atoms with van der Waals surface area (Å²) in [6.07, 6.45) is 0. The zero-order valence-corrected chi connectivity index (χ0v) is 13.0. The minimum atomic E-state index is -0.233. The fourth-order valence-electron chi connectivity index (χ4n) is 2.05. The summed E-state index contributed by atoms with van der Waals surface area (Å²) in [4.78, 5) is 13.9. The number of benzene rings is 1. The minimum Gasteiger partial charge on any atom is -0.496 e. The van der Waals surface area contributed by atoms with Gasteiger partial charge in [0.15, 0.2) is 5.82 Å². The maximum atomic E-state index is 11.9. The van der Waals surface area contributed by atoms with Gasteiger partial charge in [-0.25, -0.2) is 0 Å². The molecule has 0 unspecified atom stereocenters. The quantitative estimate of drug-likeness (QED) is 0.879. The van der Waals surface area contributed by atoms with Crippen molar-refractivity contribution < 1.29 is 9.53 Å². The number of carbonyl (C=O) groups excluding carboxylic acids is 1. The third-order valence-electron chi connectivity index (χ3n) is 3.10. The minimum absolute atomic E-state index is 0.233. The average molecular weight is 306 g/mol. The van der Waals surface area contributed by atoms with Crippen LogP contribution in [-0.4, -0.2) is 31.5 Å². The molecule has 0 atom stereocenters. The Morgan fingerprint density at radius 1 is 1.48 bits per heavy atom. The van der Waals surface area contributed by atoms with E-state index in [-0.39, 0.29) is 11.7 Å². The van der Waals surface area contributed by atoms with Gasteiger partial charge in [0.05, 0.1) is 7.11 Å². The number of nitrogens with two attached hydrogens (primary N) is 1. The van der Waals surface area contributed by atoms with Crippen molar-refractivity contribution in [2.24, 2.45) is 0 Å². The van der Waals surface area contributed by atoms with Crippen LogP contribution >= 0.6 is 11.5 Å². The van der Waals surface area contributed by atoms with Crippen molar-refractivity contribution in [3.8, 4) is 5.75 Å². The van der Waals surface area contributed by atoms with Crippen LogP contribution in [0.2, 0.25) is 0 Å². The molecule has 0 aliphatic rings.